The highest BCUT2D eigenvalue weighted by atomic mass is 32.1. The van der Waals surface area contributed by atoms with Gasteiger partial charge < -0.3 is 39.7 Å². The molecule has 3 rings (SSSR count). The van der Waals surface area contributed by atoms with Crippen molar-refractivity contribution < 1.29 is 19.1 Å². The predicted molar refractivity (Wildman–Crippen MR) is 173 cm³/mol. The fourth-order valence-electron chi connectivity index (χ4n) is 3.54. The Morgan fingerprint density at radius 1 is 0.550 bits per heavy atom. The Hall–Kier alpha value is -3.46. The summed E-state index contributed by atoms with van der Waals surface area (Å²) in [7, 11) is 13.9. The van der Waals surface area contributed by atoms with Crippen LogP contribution in [0.3, 0.4) is 0 Å². The van der Waals surface area contributed by atoms with Crippen LogP contribution < -0.4 is 20.1 Å². The molecule has 0 amide bonds. The van der Waals surface area contributed by atoms with E-state index in [9.17, 15) is 9.59 Å². The van der Waals surface area contributed by atoms with Crippen molar-refractivity contribution in [3.8, 4) is 11.5 Å². The number of rotatable bonds is 4. The Bertz CT molecular complexity index is 1230. The quantitative estimate of drug-likeness (QED) is 0.419. The molecule has 212 valence electrons. The van der Waals surface area contributed by atoms with Crippen molar-refractivity contribution in [1.29, 1.82) is 0 Å². The number of carbonyl (C=O) groups is 2. The number of anilines is 2. The molecule has 2 N–H and O–H groups in total. The molecule has 40 heavy (non-hydrogen) atoms. The van der Waals surface area contributed by atoms with Crippen LogP contribution in [0.1, 0.15) is 31.8 Å². The molecule has 2 aromatic carbocycles. The summed E-state index contributed by atoms with van der Waals surface area (Å²) >= 11 is 21.6. The fraction of sp³-hybridized carbons (Fsp3) is 0.308. The van der Waals surface area contributed by atoms with Gasteiger partial charge in [-0.3, -0.25) is 9.59 Å². The summed E-state index contributed by atoms with van der Waals surface area (Å²) in [6.07, 6.45) is 0. The van der Waals surface area contributed by atoms with Gasteiger partial charge in [0.25, 0.3) is 10.3 Å². The molecule has 0 aromatic heterocycles. The van der Waals surface area contributed by atoms with Crippen LogP contribution in [0.25, 0.3) is 0 Å². The highest BCUT2D eigenvalue weighted by Crippen LogP contribution is 2.43. The number of hydrogen-bond donors (Lipinski definition) is 2. The van der Waals surface area contributed by atoms with Crippen LogP contribution in [-0.2, 0) is 0 Å². The smallest absolute Gasteiger partial charge is 0.264 e. The molecule has 10 nitrogen and oxygen atoms in total. The van der Waals surface area contributed by atoms with Crippen LogP contribution in [-0.4, -0.2) is 108 Å². The van der Waals surface area contributed by atoms with Crippen LogP contribution >= 0.6 is 48.9 Å². The normalized spacial score (nSPS) is 11.5. The number of fused-ring (bicyclic) bond motifs is 2. The maximum absolute atomic E-state index is 14.4. The van der Waals surface area contributed by atoms with Gasteiger partial charge in [-0.15, -0.1) is 0 Å². The lowest BCUT2D eigenvalue weighted by Crippen LogP contribution is -2.33. The van der Waals surface area contributed by atoms with Crippen molar-refractivity contribution in [2.45, 2.75) is 0 Å². The molecule has 0 aliphatic heterocycles. The molecule has 0 saturated carbocycles. The van der Waals surface area contributed by atoms with Crippen molar-refractivity contribution in [2.24, 2.45) is 0 Å². The highest BCUT2D eigenvalue weighted by molar-refractivity contribution is 7.80. The van der Waals surface area contributed by atoms with Crippen molar-refractivity contribution in [3.63, 3.8) is 0 Å². The molecule has 0 radical (unpaired) electrons. The molecule has 0 bridgehead atoms. The molecule has 1 aliphatic rings. The van der Waals surface area contributed by atoms with Crippen molar-refractivity contribution in [1.82, 2.24) is 19.6 Å². The summed E-state index contributed by atoms with van der Waals surface area (Å²) in [5.74, 6) is -0.748. The zero-order chi connectivity index (χ0) is 30.0. The second-order valence-electron chi connectivity index (χ2n) is 9.55. The van der Waals surface area contributed by atoms with Crippen LogP contribution in [0.5, 0.6) is 11.5 Å². The monoisotopic (exact) mass is 618 g/mol. The Morgan fingerprint density at radius 3 is 1.15 bits per heavy atom. The Morgan fingerprint density at radius 2 is 0.875 bits per heavy atom. The Balaban J connectivity index is 2.35. The molecule has 0 unspecified atom stereocenters. The number of ether oxygens (including phenoxy) is 2. The summed E-state index contributed by atoms with van der Waals surface area (Å²) < 4.78 is 11.8. The standard InChI is InChI=1S/C26H30N6O4S4/c1-29(2)23(37)27-13-9-11-15(35-25(39)31(5)6)19-17(13)21(33)20-16(36-26(40)32(7)8)12-10-14(18(20)22(19)34)28-24(38)30(3)4/h9-12H,1-8H3,(H,27,37)(H,28,38). The lowest BCUT2D eigenvalue weighted by Gasteiger charge is -2.28. The fourth-order valence-corrected chi connectivity index (χ4v) is 3.94. The molecule has 0 fully saturated rings. The van der Waals surface area contributed by atoms with Crippen LogP contribution in [0.15, 0.2) is 24.3 Å². The van der Waals surface area contributed by atoms with Gasteiger partial charge >= 0.3 is 0 Å². The average Bonchev–Trinajstić information content (AvgIpc) is 2.87. The first kappa shape index (κ1) is 31.1. The van der Waals surface area contributed by atoms with Crippen molar-refractivity contribution in [2.75, 3.05) is 67.0 Å². The summed E-state index contributed by atoms with van der Waals surface area (Å²) in [6.45, 7) is 0. The van der Waals surface area contributed by atoms with Crippen molar-refractivity contribution >= 4 is 92.4 Å². The van der Waals surface area contributed by atoms with Crippen LogP contribution in [0.2, 0.25) is 0 Å². The molecular formula is C26H30N6O4S4. The minimum absolute atomic E-state index is 0.0272. The minimum Gasteiger partial charge on any atom is -0.431 e. The van der Waals surface area contributed by atoms with Crippen LogP contribution in [0.4, 0.5) is 11.4 Å². The zero-order valence-electron chi connectivity index (χ0n) is 23.4. The highest BCUT2D eigenvalue weighted by Gasteiger charge is 2.39. The van der Waals surface area contributed by atoms with E-state index in [-0.39, 0.29) is 44.1 Å². The van der Waals surface area contributed by atoms with E-state index in [1.54, 1.807) is 100 Å². The third-order valence-corrected chi connectivity index (χ3v) is 7.49. The van der Waals surface area contributed by atoms with E-state index in [1.807, 2.05) is 0 Å². The predicted octanol–water partition coefficient (Wildman–Crippen LogP) is 3.43. The van der Waals surface area contributed by atoms with Gasteiger partial charge in [-0.05, 0) is 73.1 Å². The first-order valence-corrected chi connectivity index (χ1v) is 13.5. The van der Waals surface area contributed by atoms with Gasteiger partial charge in [0.1, 0.15) is 11.5 Å². The second kappa shape index (κ2) is 12.4. The summed E-state index contributed by atoms with van der Waals surface area (Å²) in [4.78, 5) is 35.3. The number of nitrogens with one attached hydrogen (secondary N) is 2. The average molecular weight is 619 g/mol. The number of benzene rings is 2. The number of hydrogen-bond acceptors (Lipinski definition) is 8. The topological polar surface area (TPSA) is 89.6 Å². The number of thiocarbonyl (C=S) groups is 4. The lowest BCUT2D eigenvalue weighted by atomic mass is 9.81. The van der Waals surface area contributed by atoms with E-state index in [0.29, 0.717) is 21.6 Å². The summed E-state index contributed by atoms with van der Waals surface area (Å²) in [5, 5.41) is 7.02. The summed E-state index contributed by atoms with van der Waals surface area (Å²) in [6, 6.07) is 6.38. The number of nitrogens with zero attached hydrogens (tertiary/aromatic N) is 4. The van der Waals surface area contributed by atoms with E-state index in [2.05, 4.69) is 10.6 Å². The van der Waals surface area contributed by atoms with Gasteiger partial charge in [0, 0.05) is 56.4 Å². The maximum Gasteiger partial charge on any atom is 0.264 e. The number of carbonyl (C=O) groups excluding carboxylic acids is 2. The minimum atomic E-state index is -0.495. The molecule has 0 spiro atoms. The van der Waals surface area contributed by atoms with E-state index in [1.165, 1.54) is 0 Å². The van der Waals surface area contributed by atoms with Gasteiger partial charge in [0.15, 0.2) is 10.2 Å². The van der Waals surface area contributed by atoms with Crippen molar-refractivity contribution in [3.05, 3.63) is 46.5 Å². The van der Waals surface area contributed by atoms with E-state index in [0.717, 1.165) is 0 Å². The third-order valence-electron chi connectivity index (χ3n) is 5.66. The largest absolute Gasteiger partial charge is 0.431 e. The Labute approximate surface area is 255 Å². The molecule has 0 heterocycles. The van der Waals surface area contributed by atoms with E-state index < -0.39 is 11.6 Å². The SMILES string of the molecule is CN(C)C(=S)Nc1ccc(OC(=S)N(C)C)c2c1C(=O)c1c(OC(=S)N(C)C)ccc(NC(=S)N(C)C)c1C2=O. The molecule has 2 aromatic rings. The van der Waals surface area contributed by atoms with E-state index >= 15 is 0 Å². The second-order valence-corrected chi connectivity index (χ2v) is 11.0. The zero-order valence-corrected chi connectivity index (χ0v) is 26.6. The lowest BCUT2D eigenvalue weighted by molar-refractivity contribution is 0.0976. The molecule has 14 heteroatoms. The molecule has 0 saturated heterocycles. The van der Waals surface area contributed by atoms with Gasteiger partial charge in [-0.1, -0.05) is 0 Å². The van der Waals surface area contributed by atoms with Gasteiger partial charge in [0.05, 0.1) is 33.6 Å². The number of ketones is 2. The van der Waals surface area contributed by atoms with Gasteiger partial charge in [-0.2, -0.15) is 0 Å². The Kier molecular flexibility index (Phi) is 9.61. The van der Waals surface area contributed by atoms with E-state index in [4.69, 9.17) is 58.3 Å². The first-order chi connectivity index (χ1) is 18.6. The third kappa shape index (κ3) is 6.30. The maximum atomic E-state index is 14.4. The van der Waals surface area contributed by atoms with Gasteiger partial charge in [-0.25, -0.2) is 0 Å². The van der Waals surface area contributed by atoms with Gasteiger partial charge in [0.2, 0.25) is 11.6 Å². The first-order valence-electron chi connectivity index (χ1n) is 11.8. The summed E-state index contributed by atoms with van der Waals surface area (Å²) in [5.41, 5.74) is 0.828. The molecule has 1 aliphatic carbocycles. The molecular weight excluding hydrogens is 589 g/mol. The van der Waals surface area contributed by atoms with Crippen LogP contribution in [0, 0.1) is 0 Å². The molecule has 0 atom stereocenters.